The van der Waals surface area contributed by atoms with Gasteiger partial charge in [-0.25, -0.2) is 15.0 Å². The molecule has 30 heavy (non-hydrogen) atoms. The van der Waals surface area contributed by atoms with Crippen molar-refractivity contribution in [3.8, 4) is 22.4 Å². The number of nitrogens with one attached hydrogen (secondary N) is 1. The maximum atomic E-state index is 13.5. The summed E-state index contributed by atoms with van der Waals surface area (Å²) in [5.41, 5.74) is -0.889. The maximum Gasteiger partial charge on any atom is 0.435 e. The second-order valence-corrected chi connectivity index (χ2v) is 7.19. The minimum atomic E-state index is -4.77. The number of hydrogen-bond acceptors (Lipinski definition) is 9. The molecule has 0 bridgehead atoms. The number of amides is 1. The minimum Gasteiger partial charge on any atom is -0.480 e. The number of hydrogen-bond donors (Lipinski definition) is 1. The second kappa shape index (κ2) is 8.26. The summed E-state index contributed by atoms with van der Waals surface area (Å²) in [6.45, 7) is 3.65. The topological polar surface area (TPSA) is 112 Å². The molecule has 3 aromatic rings. The van der Waals surface area contributed by atoms with Gasteiger partial charge in [0.15, 0.2) is 22.1 Å². The number of alkyl halides is 3. The Hall–Kier alpha value is -3.22. The lowest BCUT2D eigenvalue weighted by atomic mass is 10.1. The number of ether oxygens (including phenoxy) is 2. The van der Waals surface area contributed by atoms with Gasteiger partial charge in [0.2, 0.25) is 11.8 Å². The first-order valence-corrected chi connectivity index (χ1v) is 9.26. The number of carbonyl (C=O) groups excluding carboxylic acids is 1. The van der Waals surface area contributed by atoms with Crippen LogP contribution in [0.1, 0.15) is 41.5 Å². The van der Waals surface area contributed by atoms with E-state index in [4.69, 9.17) is 14.0 Å². The molecule has 0 saturated carbocycles. The Labute approximate surface area is 172 Å². The molecule has 3 heterocycles. The molecule has 0 saturated heterocycles. The molecular weight excluding hydrogens is 427 g/mol. The first kappa shape index (κ1) is 21.5. The molecule has 0 aliphatic rings. The van der Waals surface area contributed by atoms with Gasteiger partial charge in [0, 0.05) is 6.07 Å². The number of carbonyl (C=O) groups is 1. The Morgan fingerprint density at radius 3 is 2.33 bits per heavy atom. The molecule has 13 heteroatoms. The fourth-order valence-electron chi connectivity index (χ4n) is 2.42. The van der Waals surface area contributed by atoms with Gasteiger partial charge in [0.1, 0.15) is 11.2 Å². The highest BCUT2D eigenvalue weighted by Crippen LogP contribution is 2.42. The molecule has 1 N–H and O–H groups in total. The third kappa shape index (κ3) is 4.20. The van der Waals surface area contributed by atoms with E-state index in [0.29, 0.717) is 17.0 Å². The van der Waals surface area contributed by atoms with Crippen LogP contribution in [0.4, 0.5) is 18.3 Å². The lowest BCUT2D eigenvalue weighted by Crippen LogP contribution is -2.16. The zero-order valence-corrected chi connectivity index (χ0v) is 17.0. The molecular formula is C17H16F3N5O4S. The quantitative estimate of drug-likeness (QED) is 0.608. The molecule has 0 fully saturated rings. The summed E-state index contributed by atoms with van der Waals surface area (Å²) in [6, 6.07) is 1.41. The van der Waals surface area contributed by atoms with Crippen LogP contribution in [0.2, 0.25) is 0 Å². The third-order valence-electron chi connectivity index (χ3n) is 3.85. The van der Waals surface area contributed by atoms with E-state index in [0.717, 1.165) is 6.33 Å². The molecule has 0 unspecified atom stereocenters. The predicted octanol–water partition coefficient (Wildman–Crippen LogP) is 4.00. The van der Waals surface area contributed by atoms with E-state index in [2.05, 4.69) is 25.4 Å². The molecule has 3 aromatic heterocycles. The van der Waals surface area contributed by atoms with E-state index < -0.39 is 17.8 Å². The van der Waals surface area contributed by atoms with Crippen molar-refractivity contribution in [2.75, 3.05) is 19.5 Å². The van der Waals surface area contributed by atoms with Crippen LogP contribution in [0.3, 0.4) is 0 Å². The highest BCUT2D eigenvalue weighted by Gasteiger charge is 2.39. The summed E-state index contributed by atoms with van der Waals surface area (Å²) in [5.74, 6) is -1.20. The van der Waals surface area contributed by atoms with Gasteiger partial charge in [-0.15, -0.1) is 0 Å². The van der Waals surface area contributed by atoms with Crippen molar-refractivity contribution in [1.82, 2.24) is 20.1 Å². The molecule has 9 nitrogen and oxygen atoms in total. The highest BCUT2D eigenvalue weighted by molar-refractivity contribution is 7.19. The lowest BCUT2D eigenvalue weighted by Gasteiger charge is -2.09. The van der Waals surface area contributed by atoms with Crippen molar-refractivity contribution in [1.29, 1.82) is 0 Å². The van der Waals surface area contributed by atoms with Gasteiger partial charge in [-0.05, 0) is 5.92 Å². The zero-order chi connectivity index (χ0) is 22.1. The number of nitrogens with zero attached hydrogens (tertiary/aromatic N) is 4. The molecule has 0 spiro atoms. The number of thiazole rings is 1. The smallest absolute Gasteiger partial charge is 0.435 e. The number of halogens is 3. The van der Waals surface area contributed by atoms with Gasteiger partial charge in [-0.3, -0.25) is 10.1 Å². The SMILES string of the molecule is COc1ncnc(OC)c1C(=O)Nc1nc(C(F)(F)F)c(-c2cc(C(C)C)no2)s1. The number of rotatable bonds is 6. The fourth-order valence-corrected chi connectivity index (χ4v) is 3.35. The Bertz CT molecular complexity index is 1040. The van der Waals surface area contributed by atoms with E-state index in [-0.39, 0.29) is 39.0 Å². The van der Waals surface area contributed by atoms with Crippen LogP contribution >= 0.6 is 11.3 Å². The monoisotopic (exact) mass is 443 g/mol. The van der Waals surface area contributed by atoms with Gasteiger partial charge in [0.05, 0.1) is 19.9 Å². The summed E-state index contributed by atoms with van der Waals surface area (Å²) in [5, 5.41) is 5.78. The number of methoxy groups -OCH3 is 2. The maximum absolute atomic E-state index is 13.5. The van der Waals surface area contributed by atoms with Crippen LogP contribution in [0, 0.1) is 0 Å². The summed E-state index contributed by atoms with van der Waals surface area (Å²) in [6.07, 6.45) is -3.65. The van der Waals surface area contributed by atoms with E-state index >= 15 is 0 Å². The zero-order valence-electron chi connectivity index (χ0n) is 16.2. The van der Waals surface area contributed by atoms with Crippen LogP contribution in [0.15, 0.2) is 16.9 Å². The van der Waals surface area contributed by atoms with E-state index in [1.807, 2.05) is 13.8 Å². The average molecular weight is 443 g/mol. The second-order valence-electron chi connectivity index (χ2n) is 6.19. The summed E-state index contributed by atoms with van der Waals surface area (Å²) < 4.78 is 55.7. The predicted molar refractivity (Wildman–Crippen MR) is 99.8 cm³/mol. The van der Waals surface area contributed by atoms with Crippen molar-refractivity contribution in [3.63, 3.8) is 0 Å². The first-order valence-electron chi connectivity index (χ1n) is 8.45. The molecule has 0 aliphatic heterocycles. The van der Waals surface area contributed by atoms with Gasteiger partial charge in [-0.1, -0.05) is 30.3 Å². The van der Waals surface area contributed by atoms with Crippen molar-refractivity contribution < 1.29 is 32.0 Å². The average Bonchev–Trinajstić information content (AvgIpc) is 3.34. The summed E-state index contributed by atoms with van der Waals surface area (Å²) >= 11 is 0.595. The molecule has 0 atom stereocenters. The van der Waals surface area contributed by atoms with E-state index in [1.165, 1.54) is 20.3 Å². The standard InChI is InChI=1S/C17H16F3N5O4S/c1-7(2)8-5-9(29-25-8)11-12(17(18,19)20)23-16(30-11)24-13(26)10-14(27-3)21-6-22-15(10)28-4/h5-7H,1-4H3,(H,23,24,26). The molecule has 0 aliphatic carbocycles. The molecule has 160 valence electrons. The van der Waals surface area contributed by atoms with Crippen LogP contribution < -0.4 is 14.8 Å². The summed E-state index contributed by atoms with van der Waals surface area (Å²) in [4.78, 5) is 23.5. The van der Waals surface area contributed by atoms with Crippen molar-refractivity contribution >= 4 is 22.4 Å². The molecule has 0 radical (unpaired) electrons. The Morgan fingerprint density at radius 2 is 1.83 bits per heavy atom. The number of aromatic nitrogens is 4. The fraction of sp³-hybridized carbons (Fsp3) is 0.353. The first-order chi connectivity index (χ1) is 14.2. The van der Waals surface area contributed by atoms with Gasteiger partial charge in [-0.2, -0.15) is 13.2 Å². The van der Waals surface area contributed by atoms with Crippen molar-refractivity contribution in [2.45, 2.75) is 25.9 Å². The lowest BCUT2D eigenvalue weighted by molar-refractivity contribution is -0.140. The third-order valence-corrected chi connectivity index (χ3v) is 4.84. The Morgan fingerprint density at radius 1 is 1.20 bits per heavy atom. The summed E-state index contributed by atoms with van der Waals surface area (Å²) in [7, 11) is 2.55. The Kier molecular flexibility index (Phi) is 5.92. The van der Waals surface area contributed by atoms with E-state index in [9.17, 15) is 18.0 Å². The van der Waals surface area contributed by atoms with E-state index in [1.54, 1.807) is 0 Å². The van der Waals surface area contributed by atoms with Crippen LogP contribution in [-0.2, 0) is 6.18 Å². The van der Waals surface area contributed by atoms with Gasteiger partial charge in [0.25, 0.3) is 5.91 Å². The van der Waals surface area contributed by atoms with Crippen LogP contribution in [-0.4, -0.2) is 40.2 Å². The number of anilines is 1. The van der Waals surface area contributed by atoms with Gasteiger partial charge < -0.3 is 14.0 Å². The highest BCUT2D eigenvalue weighted by atomic mass is 32.1. The minimum absolute atomic E-state index is 0.0399. The van der Waals surface area contributed by atoms with Crippen LogP contribution in [0.25, 0.3) is 10.6 Å². The molecule has 0 aromatic carbocycles. The molecule has 3 rings (SSSR count). The molecule has 1 amide bonds. The normalized spacial score (nSPS) is 11.6. The van der Waals surface area contributed by atoms with Gasteiger partial charge >= 0.3 is 6.18 Å². The largest absolute Gasteiger partial charge is 0.480 e. The Balaban J connectivity index is 2.00. The van der Waals surface area contributed by atoms with Crippen molar-refractivity contribution in [3.05, 3.63) is 29.3 Å². The van der Waals surface area contributed by atoms with Crippen molar-refractivity contribution in [2.24, 2.45) is 0 Å². The van der Waals surface area contributed by atoms with Crippen LogP contribution in [0.5, 0.6) is 11.8 Å².